The summed E-state index contributed by atoms with van der Waals surface area (Å²) in [5, 5.41) is 0. The molecule has 3 atom stereocenters. The molecule has 0 aromatic rings. The van der Waals surface area contributed by atoms with Crippen LogP contribution in [-0.4, -0.2) is 42.5 Å². The number of nitrogens with zero attached hydrogens (tertiary/aromatic N) is 1. The van der Waals surface area contributed by atoms with Crippen molar-refractivity contribution in [3.63, 3.8) is 0 Å². The molecule has 0 amide bonds. The van der Waals surface area contributed by atoms with E-state index in [1.54, 1.807) is 0 Å². The molecular formula is C12H23NO2. The van der Waals surface area contributed by atoms with Crippen LogP contribution in [0, 0.1) is 5.92 Å². The first-order valence-electron chi connectivity index (χ1n) is 5.94. The van der Waals surface area contributed by atoms with Gasteiger partial charge in [0.1, 0.15) is 5.78 Å². The van der Waals surface area contributed by atoms with Crippen LogP contribution >= 0.6 is 0 Å². The van der Waals surface area contributed by atoms with Crippen LogP contribution in [0.25, 0.3) is 0 Å². The molecule has 3 nitrogen and oxygen atoms in total. The first-order valence-corrected chi connectivity index (χ1v) is 5.94. The van der Waals surface area contributed by atoms with E-state index in [-0.39, 0.29) is 5.92 Å². The van der Waals surface area contributed by atoms with E-state index in [1.807, 2.05) is 13.8 Å². The number of rotatable bonds is 4. The van der Waals surface area contributed by atoms with Crippen LogP contribution < -0.4 is 0 Å². The second kappa shape index (κ2) is 5.61. The van der Waals surface area contributed by atoms with Gasteiger partial charge in [0.2, 0.25) is 0 Å². The Labute approximate surface area is 92.8 Å². The Balaban J connectivity index is 2.51. The standard InChI is InChI=1S/C12H23NO2/c1-5-15-8-9(2)13-7-6-12(14)10(3)11(13)4/h9-11H,5-8H2,1-4H3. The first kappa shape index (κ1) is 12.7. The molecule has 1 saturated heterocycles. The Morgan fingerprint density at radius 3 is 2.80 bits per heavy atom. The van der Waals surface area contributed by atoms with Crippen LogP contribution in [0.1, 0.15) is 34.1 Å². The smallest absolute Gasteiger partial charge is 0.138 e. The molecule has 0 N–H and O–H groups in total. The lowest BCUT2D eigenvalue weighted by Gasteiger charge is -2.40. The molecule has 0 aromatic heterocycles. The molecule has 0 spiro atoms. The molecule has 1 heterocycles. The van der Waals surface area contributed by atoms with E-state index in [1.165, 1.54) is 0 Å². The summed E-state index contributed by atoms with van der Waals surface area (Å²) in [4.78, 5) is 13.9. The average molecular weight is 213 g/mol. The van der Waals surface area contributed by atoms with Gasteiger partial charge in [-0.05, 0) is 20.8 Å². The highest BCUT2D eigenvalue weighted by molar-refractivity contribution is 5.82. The van der Waals surface area contributed by atoms with Gasteiger partial charge in [0.05, 0.1) is 6.61 Å². The Morgan fingerprint density at radius 2 is 2.20 bits per heavy atom. The van der Waals surface area contributed by atoms with Crippen molar-refractivity contribution in [3.05, 3.63) is 0 Å². The van der Waals surface area contributed by atoms with Crippen molar-refractivity contribution in [1.29, 1.82) is 0 Å². The highest BCUT2D eigenvalue weighted by atomic mass is 16.5. The number of carbonyl (C=O) groups excluding carboxylic acids is 1. The fourth-order valence-corrected chi connectivity index (χ4v) is 2.23. The first-order chi connectivity index (χ1) is 7.07. The number of Topliss-reactive ketones (excluding diaryl/α,β-unsaturated/α-hetero) is 1. The van der Waals surface area contributed by atoms with Gasteiger partial charge in [-0.15, -0.1) is 0 Å². The van der Waals surface area contributed by atoms with Crippen LogP contribution in [-0.2, 0) is 9.53 Å². The molecule has 88 valence electrons. The van der Waals surface area contributed by atoms with Gasteiger partial charge in [-0.3, -0.25) is 9.69 Å². The molecule has 1 rings (SSSR count). The summed E-state index contributed by atoms with van der Waals surface area (Å²) in [6.45, 7) is 10.8. The second-order valence-electron chi connectivity index (χ2n) is 4.49. The molecule has 3 unspecified atom stereocenters. The van der Waals surface area contributed by atoms with Gasteiger partial charge < -0.3 is 4.74 Å². The molecular weight excluding hydrogens is 190 g/mol. The van der Waals surface area contributed by atoms with Crippen LogP contribution in [0.4, 0.5) is 0 Å². The summed E-state index contributed by atoms with van der Waals surface area (Å²) >= 11 is 0. The molecule has 3 heteroatoms. The predicted molar refractivity (Wildman–Crippen MR) is 60.9 cm³/mol. The van der Waals surface area contributed by atoms with E-state index in [0.717, 1.165) is 19.8 Å². The average Bonchev–Trinajstić information content (AvgIpc) is 2.23. The number of hydrogen-bond donors (Lipinski definition) is 0. The summed E-state index contributed by atoms with van der Waals surface area (Å²) in [6.07, 6.45) is 0.696. The quantitative estimate of drug-likeness (QED) is 0.712. The monoisotopic (exact) mass is 213 g/mol. The highest BCUT2D eigenvalue weighted by Gasteiger charge is 2.32. The van der Waals surface area contributed by atoms with Gasteiger partial charge in [-0.2, -0.15) is 0 Å². The third-order valence-electron chi connectivity index (χ3n) is 3.50. The second-order valence-corrected chi connectivity index (χ2v) is 4.49. The number of piperidine rings is 1. The Kier molecular flexibility index (Phi) is 4.74. The summed E-state index contributed by atoms with van der Waals surface area (Å²) < 4.78 is 5.43. The summed E-state index contributed by atoms with van der Waals surface area (Å²) in [5.74, 6) is 0.574. The molecule has 0 aliphatic carbocycles. The Bertz CT molecular complexity index is 218. The maximum absolute atomic E-state index is 11.5. The lowest BCUT2D eigenvalue weighted by molar-refractivity contribution is -0.129. The zero-order valence-corrected chi connectivity index (χ0v) is 10.3. The molecule has 0 bridgehead atoms. The predicted octanol–water partition coefficient (Wildman–Crippen LogP) is 1.71. The van der Waals surface area contributed by atoms with Gasteiger partial charge >= 0.3 is 0 Å². The van der Waals surface area contributed by atoms with Gasteiger partial charge in [0.25, 0.3) is 0 Å². The van der Waals surface area contributed by atoms with E-state index in [0.29, 0.717) is 24.3 Å². The highest BCUT2D eigenvalue weighted by Crippen LogP contribution is 2.22. The zero-order chi connectivity index (χ0) is 11.4. The zero-order valence-electron chi connectivity index (χ0n) is 10.3. The SMILES string of the molecule is CCOCC(C)N1CCC(=O)C(C)C1C. The topological polar surface area (TPSA) is 29.5 Å². The van der Waals surface area contributed by atoms with Crippen molar-refractivity contribution < 1.29 is 9.53 Å². The molecule has 0 saturated carbocycles. The van der Waals surface area contributed by atoms with Crippen molar-refractivity contribution >= 4 is 5.78 Å². The van der Waals surface area contributed by atoms with E-state index < -0.39 is 0 Å². The summed E-state index contributed by atoms with van der Waals surface area (Å²) in [7, 11) is 0. The van der Waals surface area contributed by atoms with Crippen LogP contribution in [0.2, 0.25) is 0 Å². The lowest BCUT2D eigenvalue weighted by atomic mass is 9.90. The summed E-state index contributed by atoms with van der Waals surface area (Å²) in [5.41, 5.74) is 0. The minimum atomic E-state index is 0.169. The molecule has 1 aliphatic rings. The van der Waals surface area contributed by atoms with Crippen molar-refractivity contribution in [2.24, 2.45) is 5.92 Å². The van der Waals surface area contributed by atoms with Crippen molar-refractivity contribution in [2.75, 3.05) is 19.8 Å². The minimum absolute atomic E-state index is 0.169. The van der Waals surface area contributed by atoms with Gasteiger partial charge in [-0.1, -0.05) is 6.92 Å². The fourth-order valence-electron chi connectivity index (χ4n) is 2.23. The maximum Gasteiger partial charge on any atom is 0.138 e. The molecule has 1 aliphatic heterocycles. The normalized spacial score (nSPS) is 30.5. The molecule has 0 radical (unpaired) electrons. The number of ketones is 1. The van der Waals surface area contributed by atoms with Gasteiger partial charge in [0, 0.05) is 37.6 Å². The third kappa shape index (κ3) is 3.02. The van der Waals surface area contributed by atoms with Crippen molar-refractivity contribution in [2.45, 2.75) is 46.2 Å². The van der Waals surface area contributed by atoms with Crippen LogP contribution in [0.3, 0.4) is 0 Å². The largest absolute Gasteiger partial charge is 0.380 e. The fraction of sp³-hybridized carbons (Fsp3) is 0.917. The van der Waals surface area contributed by atoms with E-state index in [2.05, 4.69) is 18.7 Å². The number of ether oxygens (including phenoxy) is 1. The van der Waals surface area contributed by atoms with Crippen LogP contribution in [0.5, 0.6) is 0 Å². The molecule has 1 fully saturated rings. The number of likely N-dealkylation sites (tertiary alicyclic amines) is 1. The number of hydrogen-bond acceptors (Lipinski definition) is 3. The minimum Gasteiger partial charge on any atom is -0.380 e. The number of carbonyl (C=O) groups is 1. The van der Waals surface area contributed by atoms with Crippen LogP contribution in [0.15, 0.2) is 0 Å². The van der Waals surface area contributed by atoms with Gasteiger partial charge in [-0.25, -0.2) is 0 Å². The Morgan fingerprint density at radius 1 is 1.53 bits per heavy atom. The third-order valence-corrected chi connectivity index (χ3v) is 3.50. The lowest BCUT2D eigenvalue weighted by Crippen LogP contribution is -2.51. The Hall–Kier alpha value is -0.410. The van der Waals surface area contributed by atoms with E-state index in [4.69, 9.17) is 4.74 Å². The van der Waals surface area contributed by atoms with Crippen molar-refractivity contribution in [1.82, 2.24) is 4.90 Å². The van der Waals surface area contributed by atoms with E-state index in [9.17, 15) is 4.79 Å². The van der Waals surface area contributed by atoms with Crippen molar-refractivity contribution in [3.8, 4) is 0 Å². The van der Waals surface area contributed by atoms with E-state index >= 15 is 0 Å². The maximum atomic E-state index is 11.5. The molecule has 0 aromatic carbocycles. The summed E-state index contributed by atoms with van der Waals surface area (Å²) in [6, 6.07) is 0.761. The van der Waals surface area contributed by atoms with Gasteiger partial charge in [0.15, 0.2) is 0 Å². The molecule has 15 heavy (non-hydrogen) atoms.